The maximum absolute atomic E-state index is 6.10. The number of H-pyrrole nitrogens is 1. The van der Waals surface area contributed by atoms with Crippen LogP contribution in [0.3, 0.4) is 0 Å². The van der Waals surface area contributed by atoms with E-state index in [0.29, 0.717) is 29.8 Å². The first-order valence-corrected chi connectivity index (χ1v) is 9.84. The zero-order chi connectivity index (χ0) is 23.1. The van der Waals surface area contributed by atoms with Crippen LogP contribution in [0.1, 0.15) is 0 Å². The third-order valence-corrected chi connectivity index (χ3v) is 5.33. The first-order valence-electron chi connectivity index (χ1n) is 9.84. The van der Waals surface area contributed by atoms with Crippen LogP contribution < -0.4 is 9.64 Å². The lowest BCUT2D eigenvalue weighted by molar-refractivity contribution is 0.122. The van der Waals surface area contributed by atoms with Gasteiger partial charge in [0.25, 0.3) is 0 Å². The van der Waals surface area contributed by atoms with Gasteiger partial charge in [0.1, 0.15) is 19.4 Å². The van der Waals surface area contributed by atoms with Crippen molar-refractivity contribution in [2.45, 2.75) is 15.7 Å². The quantitative estimate of drug-likeness (QED) is 0.542. The molecule has 0 saturated carbocycles. The normalized spacial score (nSPS) is 15.7. The van der Waals surface area contributed by atoms with Gasteiger partial charge in [-0.25, -0.2) is 9.97 Å². The number of hydrogen-bond acceptors (Lipinski definition) is 6. The van der Waals surface area contributed by atoms with Crippen molar-refractivity contribution in [3.8, 4) is 17.1 Å². The van der Waals surface area contributed by atoms with E-state index in [1.54, 1.807) is 12.3 Å². The molecular formula is C18H14B7N5O2. The summed E-state index contributed by atoms with van der Waals surface area (Å²) in [7, 11) is 40.6. The smallest absolute Gasteiger partial charge is 0.213 e. The fraction of sp³-hybridized carbons (Fsp3) is 0.389. The fourth-order valence-electron chi connectivity index (χ4n) is 3.42. The molecule has 4 rings (SSSR count). The molecule has 1 fully saturated rings. The van der Waals surface area contributed by atoms with E-state index in [1.807, 2.05) is 12.1 Å². The Balaban J connectivity index is 1.71. The van der Waals surface area contributed by atoms with Gasteiger partial charge in [-0.1, -0.05) is 0 Å². The van der Waals surface area contributed by atoms with Crippen molar-refractivity contribution < 1.29 is 9.47 Å². The fourth-order valence-corrected chi connectivity index (χ4v) is 3.42. The van der Waals surface area contributed by atoms with Crippen molar-refractivity contribution in [3.05, 3.63) is 30.6 Å². The molecule has 0 unspecified atom stereocenters. The number of fused-ring (bicyclic) bond motifs is 1. The Morgan fingerprint density at radius 1 is 0.969 bits per heavy atom. The molecule has 3 aromatic heterocycles. The van der Waals surface area contributed by atoms with Gasteiger partial charge in [0.15, 0.2) is 0 Å². The highest BCUT2D eigenvalue weighted by Crippen LogP contribution is 2.43. The van der Waals surface area contributed by atoms with Gasteiger partial charge in [0, 0.05) is 41.8 Å². The maximum atomic E-state index is 6.10. The van der Waals surface area contributed by atoms with Crippen molar-refractivity contribution >= 4 is 71.6 Å². The second kappa shape index (κ2) is 8.29. The topological polar surface area (TPSA) is 76.2 Å². The summed E-state index contributed by atoms with van der Waals surface area (Å²) in [6.07, 6.45) is 3.23. The number of anilines is 1. The van der Waals surface area contributed by atoms with Gasteiger partial charge < -0.3 is 14.4 Å². The number of nitrogens with zero attached hydrogens (tertiary/aromatic N) is 4. The number of nitrogens with one attached hydrogen (secondary N) is 1. The van der Waals surface area contributed by atoms with Crippen LogP contribution in [0.2, 0.25) is 10.2 Å². The number of pyridine rings is 2. The zero-order valence-electron chi connectivity index (χ0n) is 17.4. The standard InChI is InChI=1S/C18H14B7N5O2/c19-16(17(20,21)22,18(23,24)25)32-14-8-11-12(9-27-14)28-29-15(11)10-1-2-26-13(7-10)30-3-5-31-6-4-30/h1-2,7-9H,3-6H2,(H,28,29). The highest BCUT2D eigenvalue weighted by atomic mass is 16.5. The van der Waals surface area contributed by atoms with Crippen LogP contribution in [-0.2, 0) is 4.74 Å². The number of rotatable bonds is 6. The molecule has 7 nitrogen and oxygen atoms in total. The van der Waals surface area contributed by atoms with E-state index in [1.165, 1.54) is 6.20 Å². The number of morpholine rings is 1. The van der Waals surface area contributed by atoms with Gasteiger partial charge in [-0.15, -0.1) is 10.2 Å². The minimum atomic E-state index is -2.26. The molecule has 0 bridgehead atoms. The lowest BCUT2D eigenvalue weighted by Crippen LogP contribution is -2.59. The first kappa shape index (κ1) is 23.0. The summed E-state index contributed by atoms with van der Waals surface area (Å²) in [4.78, 5) is 10.8. The second-order valence-electron chi connectivity index (χ2n) is 7.85. The Morgan fingerprint density at radius 2 is 1.66 bits per heavy atom. The van der Waals surface area contributed by atoms with Crippen molar-refractivity contribution in [2.24, 2.45) is 0 Å². The average molecular weight is 408 g/mol. The first-order chi connectivity index (χ1) is 15.0. The predicted octanol–water partition coefficient (Wildman–Crippen LogP) is -0.741. The van der Waals surface area contributed by atoms with E-state index in [2.05, 4.69) is 25.1 Å². The molecule has 1 aliphatic rings. The molecular weight excluding hydrogens is 394 g/mol. The van der Waals surface area contributed by atoms with Crippen LogP contribution in [-0.4, -0.2) is 107 Å². The van der Waals surface area contributed by atoms with Gasteiger partial charge in [0.2, 0.25) is 5.88 Å². The van der Waals surface area contributed by atoms with Gasteiger partial charge >= 0.3 is 0 Å². The van der Waals surface area contributed by atoms with Crippen molar-refractivity contribution in [1.29, 1.82) is 0 Å². The van der Waals surface area contributed by atoms with E-state index in [4.69, 9.17) is 64.4 Å². The Kier molecular flexibility index (Phi) is 5.95. The summed E-state index contributed by atoms with van der Waals surface area (Å²) in [5.41, 5.74) is -0.129. The summed E-state index contributed by atoms with van der Waals surface area (Å²) < 4.78 is 11.1. The summed E-state index contributed by atoms with van der Waals surface area (Å²) in [6, 6.07) is 5.38. The molecule has 14 radical (unpaired) electrons. The highest BCUT2D eigenvalue weighted by molar-refractivity contribution is 6.69. The van der Waals surface area contributed by atoms with Crippen molar-refractivity contribution in [3.63, 3.8) is 0 Å². The van der Waals surface area contributed by atoms with E-state index in [9.17, 15) is 0 Å². The molecule has 0 aromatic carbocycles. The molecule has 0 atom stereocenters. The van der Waals surface area contributed by atoms with E-state index in [0.717, 1.165) is 24.5 Å². The van der Waals surface area contributed by atoms with Crippen LogP contribution in [0.15, 0.2) is 30.6 Å². The molecule has 14 heteroatoms. The molecule has 1 N–H and O–H groups in total. The summed E-state index contributed by atoms with van der Waals surface area (Å²) in [5.74, 6) is 0.827. The third kappa shape index (κ3) is 4.21. The Hall–Kier alpha value is -2.22. The zero-order valence-corrected chi connectivity index (χ0v) is 17.4. The summed E-state index contributed by atoms with van der Waals surface area (Å²) in [5, 5.41) is 3.67. The van der Waals surface area contributed by atoms with Gasteiger partial charge in [-0.05, 0) is 12.1 Å². The average Bonchev–Trinajstić information content (AvgIpc) is 3.16. The minimum absolute atomic E-state index is 0.00144. The largest absolute Gasteiger partial charge is 0.485 e. The van der Waals surface area contributed by atoms with Crippen molar-refractivity contribution in [1.82, 2.24) is 20.2 Å². The van der Waals surface area contributed by atoms with Crippen LogP contribution in [0.5, 0.6) is 5.88 Å². The minimum Gasteiger partial charge on any atom is -0.485 e. The predicted molar refractivity (Wildman–Crippen MR) is 129 cm³/mol. The van der Waals surface area contributed by atoms with Crippen LogP contribution in [0, 0.1) is 0 Å². The molecule has 1 saturated heterocycles. The third-order valence-electron chi connectivity index (χ3n) is 5.33. The lowest BCUT2D eigenvalue weighted by atomic mass is 9.19. The number of hydrogen-bond donors (Lipinski definition) is 1. The second-order valence-corrected chi connectivity index (χ2v) is 7.85. The molecule has 0 aliphatic carbocycles. The number of ether oxygens (including phenoxy) is 2. The monoisotopic (exact) mass is 409 g/mol. The van der Waals surface area contributed by atoms with Gasteiger partial charge in [0.05, 0.1) is 72.0 Å². The van der Waals surface area contributed by atoms with Crippen LogP contribution in [0.4, 0.5) is 5.82 Å². The molecule has 0 spiro atoms. The highest BCUT2D eigenvalue weighted by Gasteiger charge is 2.45. The summed E-state index contributed by atoms with van der Waals surface area (Å²) >= 11 is 0. The van der Waals surface area contributed by atoms with E-state index >= 15 is 0 Å². The Morgan fingerprint density at radius 3 is 2.31 bits per heavy atom. The van der Waals surface area contributed by atoms with E-state index in [-0.39, 0.29) is 5.88 Å². The van der Waals surface area contributed by atoms with Gasteiger partial charge in [-0.3, -0.25) is 5.10 Å². The van der Waals surface area contributed by atoms with E-state index < -0.39 is 15.7 Å². The Labute approximate surface area is 196 Å². The molecule has 0 amide bonds. The molecule has 32 heavy (non-hydrogen) atoms. The molecule has 144 valence electrons. The molecule has 3 aromatic rings. The van der Waals surface area contributed by atoms with Gasteiger partial charge in [-0.2, -0.15) is 5.10 Å². The summed E-state index contributed by atoms with van der Waals surface area (Å²) in [6.45, 7) is 2.83. The lowest BCUT2D eigenvalue weighted by Gasteiger charge is -2.54. The molecule has 1 aliphatic heterocycles. The SMILES string of the molecule is [B]C([B])([B])C([B])(Oc1cc2c(-c3ccnc(N4CCOCC4)c3)n[nH]c2cn1)C([B])([B])[B]. The maximum Gasteiger partial charge on any atom is 0.213 e. The number of aromatic amines is 1. The number of aromatic nitrogens is 4. The van der Waals surface area contributed by atoms with Crippen LogP contribution >= 0.6 is 0 Å². The van der Waals surface area contributed by atoms with Crippen molar-refractivity contribution in [2.75, 3.05) is 31.2 Å². The van der Waals surface area contributed by atoms with Crippen LogP contribution in [0.25, 0.3) is 22.2 Å². The molecule has 4 heterocycles. The Bertz CT molecular complexity index is 1100.